The highest BCUT2D eigenvalue weighted by molar-refractivity contribution is 5.82. The number of aromatic nitrogens is 1. The Balaban J connectivity index is 1.64. The van der Waals surface area contributed by atoms with Gasteiger partial charge in [-0.2, -0.15) is 0 Å². The molecule has 3 aromatic rings. The standard InChI is InChI=1S/C21H22N2O2/c1-14-6-3-4-8-18(14)13-22-19(24)11-10-17-12-16-9-5-7-15(2)20(16)23-21(17)25/h3-9,12H,10-11,13H2,1-2H3,(H,22,24)(H,23,25). The van der Waals surface area contributed by atoms with Crippen LogP contribution in [0.1, 0.15) is 28.7 Å². The normalized spacial score (nSPS) is 10.8. The lowest BCUT2D eigenvalue weighted by Crippen LogP contribution is -2.24. The maximum atomic E-state index is 12.2. The SMILES string of the molecule is Cc1ccccc1CNC(=O)CCc1cc2cccc(C)c2[nH]c1=O. The zero-order valence-electron chi connectivity index (χ0n) is 14.6. The van der Waals surface area contributed by atoms with Crippen molar-refractivity contribution >= 4 is 16.8 Å². The summed E-state index contributed by atoms with van der Waals surface area (Å²) < 4.78 is 0. The number of benzene rings is 2. The van der Waals surface area contributed by atoms with E-state index in [0.717, 1.165) is 27.6 Å². The summed E-state index contributed by atoms with van der Waals surface area (Å²) in [5, 5.41) is 3.92. The zero-order chi connectivity index (χ0) is 17.8. The zero-order valence-corrected chi connectivity index (χ0v) is 14.6. The van der Waals surface area contributed by atoms with Crippen molar-refractivity contribution in [2.75, 3.05) is 0 Å². The Morgan fingerprint density at radius 2 is 1.76 bits per heavy atom. The Hall–Kier alpha value is -2.88. The van der Waals surface area contributed by atoms with Crippen molar-refractivity contribution in [2.45, 2.75) is 33.2 Å². The fraction of sp³-hybridized carbons (Fsp3) is 0.238. The van der Waals surface area contributed by atoms with Gasteiger partial charge in [-0.15, -0.1) is 0 Å². The molecule has 0 fully saturated rings. The number of nitrogens with one attached hydrogen (secondary N) is 2. The molecular weight excluding hydrogens is 312 g/mol. The number of pyridine rings is 1. The van der Waals surface area contributed by atoms with E-state index in [-0.39, 0.29) is 11.5 Å². The Bertz CT molecular complexity index is 973. The molecule has 1 heterocycles. The number of aromatic amines is 1. The number of rotatable bonds is 5. The molecule has 128 valence electrons. The summed E-state index contributed by atoms with van der Waals surface area (Å²) in [6.07, 6.45) is 0.727. The van der Waals surface area contributed by atoms with Crippen molar-refractivity contribution in [1.29, 1.82) is 0 Å². The second kappa shape index (κ2) is 7.34. The first-order valence-corrected chi connectivity index (χ1v) is 8.47. The fourth-order valence-electron chi connectivity index (χ4n) is 2.95. The molecule has 2 N–H and O–H groups in total. The van der Waals surface area contributed by atoms with Crippen LogP contribution in [-0.2, 0) is 17.8 Å². The number of carbonyl (C=O) groups is 1. The Morgan fingerprint density at radius 1 is 1.00 bits per heavy atom. The molecule has 3 rings (SSSR count). The molecule has 0 saturated heterocycles. The van der Waals surface area contributed by atoms with Crippen molar-refractivity contribution in [3.8, 4) is 0 Å². The van der Waals surface area contributed by atoms with Crippen LogP contribution in [0.2, 0.25) is 0 Å². The maximum Gasteiger partial charge on any atom is 0.251 e. The highest BCUT2D eigenvalue weighted by Crippen LogP contribution is 2.15. The van der Waals surface area contributed by atoms with Gasteiger partial charge in [0.25, 0.3) is 5.56 Å². The number of H-pyrrole nitrogens is 1. The van der Waals surface area contributed by atoms with Gasteiger partial charge in [-0.25, -0.2) is 0 Å². The summed E-state index contributed by atoms with van der Waals surface area (Å²) in [5.74, 6) is -0.0491. The van der Waals surface area contributed by atoms with Crippen molar-refractivity contribution in [1.82, 2.24) is 10.3 Å². The Labute approximate surface area is 146 Å². The minimum atomic E-state index is -0.117. The van der Waals surface area contributed by atoms with E-state index in [4.69, 9.17) is 0 Å². The predicted molar refractivity (Wildman–Crippen MR) is 101 cm³/mol. The molecule has 4 heteroatoms. The average molecular weight is 334 g/mol. The highest BCUT2D eigenvalue weighted by Gasteiger charge is 2.08. The number of carbonyl (C=O) groups excluding carboxylic acids is 1. The topological polar surface area (TPSA) is 62.0 Å². The fourth-order valence-corrected chi connectivity index (χ4v) is 2.95. The molecule has 1 aromatic heterocycles. The van der Waals surface area contributed by atoms with E-state index in [2.05, 4.69) is 10.3 Å². The van der Waals surface area contributed by atoms with E-state index in [1.807, 2.05) is 62.4 Å². The smallest absolute Gasteiger partial charge is 0.251 e. The van der Waals surface area contributed by atoms with Crippen LogP contribution in [-0.4, -0.2) is 10.9 Å². The van der Waals surface area contributed by atoms with Gasteiger partial charge in [-0.05, 0) is 48.4 Å². The summed E-state index contributed by atoms with van der Waals surface area (Å²) in [7, 11) is 0. The molecule has 0 spiro atoms. The third kappa shape index (κ3) is 3.97. The van der Waals surface area contributed by atoms with Crippen LogP contribution >= 0.6 is 0 Å². The predicted octanol–water partition coefficient (Wildman–Crippen LogP) is 3.39. The van der Waals surface area contributed by atoms with Gasteiger partial charge < -0.3 is 10.3 Å². The summed E-state index contributed by atoms with van der Waals surface area (Å²) in [6, 6.07) is 15.8. The molecule has 0 bridgehead atoms. The van der Waals surface area contributed by atoms with Crippen LogP contribution in [0.25, 0.3) is 10.9 Å². The molecular formula is C21H22N2O2. The number of hydrogen-bond donors (Lipinski definition) is 2. The van der Waals surface area contributed by atoms with E-state index in [1.165, 1.54) is 0 Å². The number of amides is 1. The monoisotopic (exact) mass is 334 g/mol. The summed E-state index contributed by atoms with van der Waals surface area (Å²) in [6.45, 7) is 4.51. The quantitative estimate of drug-likeness (QED) is 0.751. The number of hydrogen-bond acceptors (Lipinski definition) is 2. The summed E-state index contributed by atoms with van der Waals surface area (Å²) >= 11 is 0. The lowest BCUT2D eigenvalue weighted by molar-refractivity contribution is -0.121. The van der Waals surface area contributed by atoms with Gasteiger partial charge in [0.1, 0.15) is 0 Å². The molecule has 4 nitrogen and oxygen atoms in total. The van der Waals surface area contributed by atoms with Gasteiger partial charge >= 0.3 is 0 Å². The molecule has 25 heavy (non-hydrogen) atoms. The van der Waals surface area contributed by atoms with Crippen LogP contribution in [0.5, 0.6) is 0 Å². The van der Waals surface area contributed by atoms with Gasteiger partial charge in [0.2, 0.25) is 5.91 Å². The third-order valence-electron chi connectivity index (χ3n) is 4.52. The largest absolute Gasteiger partial charge is 0.352 e. The lowest BCUT2D eigenvalue weighted by Gasteiger charge is -2.08. The number of aryl methyl sites for hydroxylation is 3. The lowest BCUT2D eigenvalue weighted by atomic mass is 10.1. The molecule has 0 radical (unpaired) electrons. The second-order valence-electron chi connectivity index (χ2n) is 6.37. The van der Waals surface area contributed by atoms with E-state index in [9.17, 15) is 9.59 Å². The minimum absolute atomic E-state index is 0.0491. The van der Waals surface area contributed by atoms with Crippen LogP contribution in [0.3, 0.4) is 0 Å². The Morgan fingerprint density at radius 3 is 2.56 bits per heavy atom. The van der Waals surface area contributed by atoms with E-state index >= 15 is 0 Å². The van der Waals surface area contributed by atoms with E-state index in [0.29, 0.717) is 24.9 Å². The average Bonchev–Trinajstić information content (AvgIpc) is 2.60. The van der Waals surface area contributed by atoms with Crippen LogP contribution < -0.4 is 10.9 Å². The first-order valence-electron chi connectivity index (χ1n) is 8.47. The van der Waals surface area contributed by atoms with Crippen LogP contribution in [0.15, 0.2) is 53.3 Å². The van der Waals surface area contributed by atoms with Crippen molar-refractivity contribution in [3.63, 3.8) is 0 Å². The molecule has 0 saturated carbocycles. The molecule has 2 aromatic carbocycles. The molecule has 0 aliphatic carbocycles. The summed E-state index contributed by atoms with van der Waals surface area (Å²) in [5.41, 5.74) is 4.69. The molecule has 0 aliphatic rings. The summed E-state index contributed by atoms with van der Waals surface area (Å²) in [4.78, 5) is 27.3. The maximum absolute atomic E-state index is 12.2. The van der Waals surface area contributed by atoms with E-state index < -0.39 is 0 Å². The van der Waals surface area contributed by atoms with Gasteiger partial charge in [-0.3, -0.25) is 9.59 Å². The van der Waals surface area contributed by atoms with Gasteiger partial charge in [0.05, 0.1) is 5.52 Å². The first-order chi connectivity index (χ1) is 12.0. The van der Waals surface area contributed by atoms with Gasteiger partial charge in [0.15, 0.2) is 0 Å². The van der Waals surface area contributed by atoms with Crippen molar-refractivity contribution in [3.05, 3.63) is 81.1 Å². The molecule has 0 unspecified atom stereocenters. The first kappa shape index (κ1) is 17.0. The number of fused-ring (bicyclic) bond motifs is 1. The second-order valence-corrected chi connectivity index (χ2v) is 6.37. The minimum Gasteiger partial charge on any atom is -0.352 e. The van der Waals surface area contributed by atoms with Crippen molar-refractivity contribution in [2.24, 2.45) is 0 Å². The number of para-hydroxylation sites is 1. The van der Waals surface area contributed by atoms with E-state index in [1.54, 1.807) is 0 Å². The highest BCUT2D eigenvalue weighted by atomic mass is 16.1. The third-order valence-corrected chi connectivity index (χ3v) is 4.52. The van der Waals surface area contributed by atoms with Gasteiger partial charge in [-0.1, -0.05) is 42.5 Å². The van der Waals surface area contributed by atoms with Crippen LogP contribution in [0.4, 0.5) is 0 Å². The molecule has 0 atom stereocenters. The molecule has 0 aliphatic heterocycles. The Kier molecular flexibility index (Phi) is 4.98. The van der Waals surface area contributed by atoms with Gasteiger partial charge in [0, 0.05) is 18.5 Å². The van der Waals surface area contributed by atoms with Crippen molar-refractivity contribution < 1.29 is 4.79 Å². The van der Waals surface area contributed by atoms with Crippen LogP contribution in [0, 0.1) is 13.8 Å². The molecule has 1 amide bonds.